The van der Waals surface area contributed by atoms with Crippen LogP contribution in [0.25, 0.3) is 10.9 Å². The number of benzene rings is 2. The van der Waals surface area contributed by atoms with Crippen molar-refractivity contribution < 1.29 is 14.3 Å². The van der Waals surface area contributed by atoms with Gasteiger partial charge in [-0.05, 0) is 23.8 Å². The molecule has 0 bridgehead atoms. The van der Waals surface area contributed by atoms with Crippen LogP contribution >= 0.6 is 11.6 Å². The van der Waals surface area contributed by atoms with E-state index in [1.807, 2.05) is 30.3 Å². The van der Waals surface area contributed by atoms with Gasteiger partial charge in [0, 0.05) is 22.2 Å². The smallest absolute Gasteiger partial charge is 0.418 e. The maximum Gasteiger partial charge on any atom is 0.418 e. The molecule has 0 amide bonds. The van der Waals surface area contributed by atoms with Crippen molar-refractivity contribution in [2.45, 2.75) is 6.61 Å². The lowest BCUT2D eigenvalue weighted by Gasteiger charge is -2.06. The van der Waals surface area contributed by atoms with Crippen LogP contribution in [0, 0.1) is 0 Å². The summed E-state index contributed by atoms with van der Waals surface area (Å²) >= 11 is 5.94. The molecular weight excluding hydrogens is 302 g/mol. The van der Waals surface area contributed by atoms with E-state index in [1.54, 1.807) is 18.2 Å². The lowest BCUT2D eigenvalue weighted by Crippen LogP contribution is -2.12. The van der Waals surface area contributed by atoms with Crippen LogP contribution in [0.5, 0.6) is 0 Å². The van der Waals surface area contributed by atoms with Gasteiger partial charge < -0.3 is 4.74 Å². The van der Waals surface area contributed by atoms with Crippen LogP contribution in [0.4, 0.5) is 4.79 Å². The predicted octanol–water partition coefficient (Wildman–Crippen LogP) is 4.29. The molecule has 4 nitrogen and oxygen atoms in total. The summed E-state index contributed by atoms with van der Waals surface area (Å²) in [6.45, 7) is 0.170. The number of ether oxygens (including phenoxy) is 1. The Morgan fingerprint density at radius 2 is 1.95 bits per heavy atom. The van der Waals surface area contributed by atoms with Crippen molar-refractivity contribution in [2.24, 2.45) is 0 Å². The molecule has 0 fully saturated rings. The SMILES string of the molecule is O=Cc1cn(C(=O)OCc2ccccc2)c2ccc(Cl)cc12. The van der Waals surface area contributed by atoms with E-state index >= 15 is 0 Å². The van der Waals surface area contributed by atoms with Gasteiger partial charge >= 0.3 is 6.09 Å². The van der Waals surface area contributed by atoms with Crippen molar-refractivity contribution in [3.05, 3.63) is 70.9 Å². The lowest BCUT2D eigenvalue weighted by atomic mass is 10.2. The van der Waals surface area contributed by atoms with Gasteiger partial charge in [0.05, 0.1) is 5.52 Å². The van der Waals surface area contributed by atoms with E-state index < -0.39 is 6.09 Å². The summed E-state index contributed by atoms with van der Waals surface area (Å²) in [5.41, 5.74) is 1.88. The molecule has 0 spiro atoms. The van der Waals surface area contributed by atoms with Crippen molar-refractivity contribution >= 4 is 34.9 Å². The molecule has 2 aromatic carbocycles. The third kappa shape index (κ3) is 2.73. The summed E-state index contributed by atoms with van der Waals surface area (Å²) < 4.78 is 6.60. The average molecular weight is 314 g/mol. The van der Waals surface area contributed by atoms with Crippen LogP contribution in [0.15, 0.2) is 54.7 Å². The molecular formula is C17H12ClNO3. The van der Waals surface area contributed by atoms with Gasteiger partial charge in [-0.3, -0.25) is 9.36 Å². The summed E-state index contributed by atoms with van der Waals surface area (Å²) in [6, 6.07) is 14.4. The summed E-state index contributed by atoms with van der Waals surface area (Å²) in [4.78, 5) is 23.4. The Bertz CT molecular complexity index is 840. The Balaban J connectivity index is 1.89. The van der Waals surface area contributed by atoms with Crippen molar-refractivity contribution in [2.75, 3.05) is 0 Å². The van der Waals surface area contributed by atoms with E-state index in [0.717, 1.165) is 5.56 Å². The predicted molar refractivity (Wildman–Crippen MR) is 84.4 cm³/mol. The quantitative estimate of drug-likeness (QED) is 0.678. The van der Waals surface area contributed by atoms with Gasteiger partial charge in [-0.15, -0.1) is 0 Å². The highest BCUT2D eigenvalue weighted by atomic mass is 35.5. The minimum atomic E-state index is -0.538. The molecule has 1 aromatic heterocycles. The second-order valence-corrected chi connectivity index (χ2v) is 5.21. The lowest BCUT2D eigenvalue weighted by molar-refractivity contribution is 0.112. The fraction of sp³-hybridized carbons (Fsp3) is 0.0588. The Morgan fingerprint density at radius 3 is 2.68 bits per heavy atom. The van der Waals surface area contributed by atoms with E-state index in [-0.39, 0.29) is 6.61 Å². The molecule has 22 heavy (non-hydrogen) atoms. The number of rotatable bonds is 3. The number of halogens is 1. The van der Waals surface area contributed by atoms with Crippen LogP contribution in [-0.2, 0) is 11.3 Å². The number of aldehydes is 1. The molecule has 3 aromatic rings. The van der Waals surface area contributed by atoms with Gasteiger partial charge in [-0.25, -0.2) is 4.79 Å². The molecule has 0 aliphatic heterocycles. The molecule has 0 saturated heterocycles. The normalized spacial score (nSPS) is 10.6. The highest BCUT2D eigenvalue weighted by molar-refractivity contribution is 6.31. The molecule has 0 atom stereocenters. The first-order valence-corrected chi connectivity index (χ1v) is 7.03. The summed E-state index contributed by atoms with van der Waals surface area (Å²) in [6.07, 6.45) is 1.62. The minimum absolute atomic E-state index is 0.170. The first-order valence-electron chi connectivity index (χ1n) is 6.66. The number of carbonyl (C=O) groups excluding carboxylic acids is 2. The maximum atomic E-state index is 12.2. The fourth-order valence-electron chi connectivity index (χ4n) is 2.26. The van der Waals surface area contributed by atoms with Crippen LogP contribution in [0.3, 0.4) is 0 Å². The zero-order chi connectivity index (χ0) is 15.5. The number of carbonyl (C=O) groups is 2. The minimum Gasteiger partial charge on any atom is -0.444 e. The molecule has 0 radical (unpaired) electrons. The first-order chi connectivity index (χ1) is 10.7. The van der Waals surface area contributed by atoms with E-state index in [4.69, 9.17) is 16.3 Å². The van der Waals surface area contributed by atoms with Crippen LogP contribution in [0.1, 0.15) is 15.9 Å². The summed E-state index contributed by atoms with van der Waals surface area (Å²) in [7, 11) is 0. The highest BCUT2D eigenvalue weighted by Crippen LogP contribution is 2.24. The molecule has 5 heteroatoms. The van der Waals surface area contributed by atoms with Crippen molar-refractivity contribution in [3.63, 3.8) is 0 Å². The van der Waals surface area contributed by atoms with Gasteiger partial charge in [0.25, 0.3) is 0 Å². The second kappa shape index (κ2) is 6.03. The number of hydrogen-bond donors (Lipinski definition) is 0. The Kier molecular flexibility index (Phi) is 3.94. The largest absolute Gasteiger partial charge is 0.444 e. The van der Waals surface area contributed by atoms with Crippen molar-refractivity contribution in [1.29, 1.82) is 0 Å². The second-order valence-electron chi connectivity index (χ2n) is 4.77. The van der Waals surface area contributed by atoms with E-state index in [1.165, 1.54) is 10.8 Å². The van der Waals surface area contributed by atoms with Gasteiger partial charge in [-0.2, -0.15) is 0 Å². The molecule has 3 rings (SSSR count). The monoisotopic (exact) mass is 313 g/mol. The maximum absolute atomic E-state index is 12.2. The first kappa shape index (κ1) is 14.4. The molecule has 0 N–H and O–H groups in total. The molecule has 110 valence electrons. The Labute approximate surface area is 131 Å². The van der Waals surface area contributed by atoms with Crippen molar-refractivity contribution in [1.82, 2.24) is 4.57 Å². The Morgan fingerprint density at radius 1 is 1.18 bits per heavy atom. The van der Waals surface area contributed by atoms with Gasteiger partial charge in [0.1, 0.15) is 6.61 Å². The molecule has 0 aliphatic rings. The van der Waals surface area contributed by atoms with Gasteiger partial charge in [0.15, 0.2) is 6.29 Å². The van der Waals surface area contributed by atoms with Crippen LogP contribution < -0.4 is 0 Å². The molecule has 0 saturated carbocycles. The number of nitrogens with zero attached hydrogens (tertiary/aromatic N) is 1. The molecule has 1 heterocycles. The van der Waals surface area contributed by atoms with Crippen LogP contribution in [-0.4, -0.2) is 16.9 Å². The zero-order valence-electron chi connectivity index (χ0n) is 11.5. The fourth-order valence-corrected chi connectivity index (χ4v) is 2.43. The number of aromatic nitrogens is 1. The third-order valence-electron chi connectivity index (χ3n) is 3.33. The summed E-state index contributed by atoms with van der Waals surface area (Å²) in [5, 5.41) is 1.13. The molecule has 0 unspecified atom stereocenters. The van der Waals surface area contributed by atoms with E-state index in [2.05, 4.69) is 0 Å². The average Bonchev–Trinajstić information content (AvgIpc) is 2.91. The van der Waals surface area contributed by atoms with E-state index in [9.17, 15) is 9.59 Å². The van der Waals surface area contributed by atoms with Crippen molar-refractivity contribution in [3.8, 4) is 0 Å². The standard InChI is InChI=1S/C17H12ClNO3/c18-14-6-7-16-15(8-14)13(10-20)9-19(16)17(21)22-11-12-4-2-1-3-5-12/h1-10H,11H2. The van der Waals surface area contributed by atoms with E-state index in [0.29, 0.717) is 27.8 Å². The third-order valence-corrected chi connectivity index (χ3v) is 3.56. The summed E-state index contributed by atoms with van der Waals surface area (Å²) in [5.74, 6) is 0. The number of fused-ring (bicyclic) bond motifs is 1. The zero-order valence-corrected chi connectivity index (χ0v) is 12.3. The van der Waals surface area contributed by atoms with Gasteiger partial charge in [0.2, 0.25) is 0 Å². The van der Waals surface area contributed by atoms with Crippen LogP contribution in [0.2, 0.25) is 5.02 Å². The number of hydrogen-bond acceptors (Lipinski definition) is 3. The van der Waals surface area contributed by atoms with Gasteiger partial charge in [-0.1, -0.05) is 41.9 Å². The molecule has 0 aliphatic carbocycles. The highest BCUT2D eigenvalue weighted by Gasteiger charge is 2.14. The Hall–Kier alpha value is -2.59. The topological polar surface area (TPSA) is 48.3 Å².